The predicted octanol–water partition coefficient (Wildman–Crippen LogP) is -0.772. The Kier molecular flexibility index (Phi) is 3.35. The standard InChI is InChI=1S/C10H15BN2O2/c14-11(15)10-5-9(6-13-7-10)8-1-3-12-4-2-8/h5-8,12,14-15H,1-4H2. The minimum absolute atomic E-state index is 0.478. The van der Waals surface area contributed by atoms with Crippen LogP contribution in [-0.4, -0.2) is 35.2 Å². The van der Waals surface area contributed by atoms with E-state index in [4.69, 9.17) is 10.0 Å². The molecule has 3 N–H and O–H groups in total. The second kappa shape index (κ2) is 4.74. The first kappa shape index (κ1) is 10.6. The number of hydrogen-bond acceptors (Lipinski definition) is 4. The maximum absolute atomic E-state index is 9.05. The number of nitrogens with one attached hydrogen (secondary N) is 1. The van der Waals surface area contributed by atoms with E-state index in [-0.39, 0.29) is 0 Å². The van der Waals surface area contributed by atoms with Crippen molar-refractivity contribution >= 4 is 12.6 Å². The number of hydrogen-bond donors (Lipinski definition) is 3. The van der Waals surface area contributed by atoms with E-state index in [1.807, 2.05) is 12.3 Å². The third-order valence-electron chi connectivity index (χ3n) is 2.89. The van der Waals surface area contributed by atoms with Gasteiger partial charge in [-0.15, -0.1) is 0 Å². The number of piperidine rings is 1. The van der Waals surface area contributed by atoms with Crippen molar-refractivity contribution in [1.82, 2.24) is 10.3 Å². The van der Waals surface area contributed by atoms with Crippen molar-refractivity contribution in [3.8, 4) is 0 Å². The zero-order valence-electron chi connectivity index (χ0n) is 8.56. The van der Waals surface area contributed by atoms with E-state index in [0.29, 0.717) is 11.4 Å². The molecule has 1 fully saturated rings. The van der Waals surface area contributed by atoms with Crippen molar-refractivity contribution in [2.75, 3.05) is 13.1 Å². The van der Waals surface area contributed by atoms with E-state index in [1.165, 1.54) is 6.20 Å². The minimum Gasteiger partial charge on any atom is -0.423 e. The molecule has 0 saturated carbocycles. The van der Waals surface area contributed by atoms with Crippen LogP contribution in [0.15, 0.2) is 18.5 Å². The van der Waals surface area contributed by atoms with Gasteiger partial charge in [0, 0.05) is 17.9 Å². The summed E-state index contributed by atoms with van der Waals surface area (Å²) >= 11 is 0. The Hall–Kier alpha value is -0.905. The minimum atomic E-state index is -1.42. The van der Waals surface area contributed by atoms with Crippen LogP contribution < -0.4 is 10.8 Å². The Morgan fingerprint density at radius 2 is 2.00 bits per heavy atom. The van der Waals surface area contributed by atoms with Crippen LogP contribution in [0.5, 0.6) is 0 Å². The highest BCUT2D eigenvalue weighted by Gasteiger charge is 2.18. The highest BCUT2D eigenvalue weighted by atomic mass is 16.4. The Bertz CT molecular complexity index is 327. The lowest BCUT2D eigenvalue weighted by Gasteiger charge is -2.22. The molecule has 0 aliphatic carbocycles. The maximum Gasteiger partial charge on any atom is 0.490 e. The molecule has 80 valence electrons. The highest BCUT2D eigenvalue weighted by molar-refractivity contribution is 6.58. The van der Waals surface area contributed by atoms with Crippen molar-refractivity contribution in [3.05, 3.63) is 24.0 Å². The highest BCUT2D eigenvalue weighted by Crippen LogP contribution is 2.23. The third kappa shape index (κ3) is 2.56. The number of pyridine rings is 1. The summed E-state index contributed by atoms with van der Waals surface area (Å²) in [6.45, 7) is 2.05. The molecule has 2 heterocycles. The predicted molar refractivity (Wildman–Crippen MR) is 58.9 cm³/mol. The number of rotatable bonds is 2. The topological polar surface area (TPSA) is 65.4 Å². The van der Waals surface area contributed by atoms with Crippen LogP contribution in [-0.2, 0) is 0 Å². The summed E-state index contributed by atoms with van der Waals surface area (Å²) in [5, 5.41) is 21.4. The van der Waals surface area contributed by atoms with Crippen LogP contribution >= 0.6 is 0 Å². The van der Waals surface area contributed by atoms with Crippen molar-refractivity contribution in [2.45, 2.75) is 18.8 Å². The lowest BCUT2D eigenvalue weighted by Crippen LogP contribution is -2.32. The van der Waals surface area contributed by atoms with Crippen LogP contribution in [0.1, 0.15) is 24.3 Å². The molecule has 1 aromatic heterocycles. The molecular weight excluding hydrogens is 191 g/mol. The lowest BCUT2D eigenvalue weighted by molar-refractivity contribution is 0.425. The molecule has 5 heteroatoms. The van der Waals surface area contributed by atoms with E-state index in [1.54, 1.807) is 0 Å². The van der Waals surface area contributed by atoms with E-state index in [9.17, 15) is 0 Å². The molecule has 1 aliphatic heterocycles. The third-order valence-corrected chi connectivity index (χ3v) is 2.89. The zero-order valence-corrected chi connectivity index (χ0v) is 8.56. The molecule has 0 bridgehead atoms. The zero-order chi connectivity index (χ0) is 10.7. The Balaban J connectivity index is 2.16. The Morgan fingerprint density at radius 3 is 2.67 bits per heavy atom. The van der Waals surface area contributed by atoms with Crippen LogP contribution in [0, 0.1) is 0 Å². The second-order valence-electron chi connectivity index (χ2n) is 3.95. The summed E-state index contributed by atoms with van der Waals surface area (Å²) in [6.07, 6.45) is 5.50. The fourth-order valence-electron chi connectivity index (χ4n) is 2.00. The van der Waals surface area contributed by atoms with Crippen LogP contribution in [0.3, 0.4) is 0 Å². The van der Waals surface area contributed by atoms with Gasteiger partial charge in [0.05, 0.1) is 0 Å². The number of aromatic nitrogens is 1. The Labute approximate surface area is 89.5 Å². The normalized spacial score (nSPS) is 17.7. The molecule has 2 rings (SSSR count). The van der Waals surface area contributed by atoms with Crippen LogP contribution in [0.2, 0.25) is 0 Å². The molecule has 0 atom stereocenters. The van der Waals surface area contributed by atoms with Gasteiger partial charge in [-0.25, -0.2) is 0 Å². The Morgan fingerprint density at radius 1 is 1.27 bits per heavy atom. The van der Waals surface area contributed by atoms with E-state index in [0.717, 1.165) is 31.5 Å². The van der Waals surface area contributed by atoms with Gasteiger partial charge in [-0.1, -0.05) is 6.07 Å². The molecule has 1 saturated heterocycles. The van der Waals surface area contributed by atoms with Crippen molar-refractivity contribution in [1.29, 1.82) is 0 Å². The molecule has 0 unspecified atom stereocenters. The first-order chi connectivity index (χ1) is 7.27. The quantitative estimate of drug-likeness (QED) is 0.556. The second-order valence-corrected chi connectivity index (χ2v) is 3.95. The van der Waals surface area contributed by atoms with Crippen molar-refractivity contribution in [3.63, 3.8) is 0 Å². The summed E-state index contributed by atoms with van der Waals surface area (Å²) in [5.41, 5.74) is 1.59. The average molecular weight is 206 g/mol. The van der Waals surface area contributed by atoms with Crippen LogP contribution in [0.25, 0.3) is 0 Å². The summed E-state index contributed by atoms with van der Waals surface area (Å²) in [6, 6.07) is 1.84. The van der Waals surface area contributed by atoms with Gasteiger partial charge in [0.2, 0.25) is 0 Å². The van der Waals surface area contributed by atoms with Gasteiger partial charge in [0.1, 0.15) is 0 Å². The summed E-state index contributed by atoms with van der Waals surface area (Å²) in [4.78, 5) is 4.04. The van der Waals surface area contributed by atoms with Gasteiger partial charge in [0.25, 0.3) is 0 Å². The van der Waals surface area contributed by atoms with Crippen molar-refractivity contribution < 1.29 is 10.0 Å². The summed E-state index contributed by atoms with van der Waals surface area (Å²) in [7, 11) is -1.42. The molecule has 15 heavy (non-hydrogen) atoms. The van der Waals surface area contributed by atoms with E-state index in [2.05, 4.69) is 10.3 Å². The van der Waals surface area contributed by atoms with Crippen LogP contribution in [0.4, 0.5) is 0 Å². The SMILES string of the molecule is OB(O)c1cncc(C2CCNCC2)c1. The fourth-order valence-corrected chi connectivity index (χ4v) is 2.00. The van der Waals surface area contributed by atoms with Gasteiger partial charge in [-0.2, -0.15) is 0 Å². The largest absolute Gasteiger partial charge is 0.490 e. The smallest absolute Gasteiger partial charge is 0.423 e. The fraction of sp³-hybridized carbons (Fsp3) is 0.500. The maximum atomic E-state index is 9.05. The van der Waals surface area contributed by atoms with Crippen molar-refractivity contribution in [2.24, 2.45) is 0 Å². The van der Waals surface area contributed by atoms with Gasteiger partial charge >= 0.3 is 7.12 Å². The van der Waals surface area contributed by atoms with Gasteiger partial charge in [-0.05, 0) is 37.4 Å². The molecule has 1 aromatic rings. The lowest BCUT2D eigenvalue weighted by atomic mass is 9.79. The summed E-state index contributed by atoms with van der Waals surface area (Å²) < 4.78 is 0. The van der Waals surface area contributed by atoms with E-state index < -0.39 is 7.12 Å². The molecule has 1 aliphatic rings. The average Bonchev–Trinajstić information content (AvgIpc) is 2.30. The molecule has 0 radical (unpaired) electrons. The first-order valence-corrected chi connectivity index (χ1v) is 5.29. The number of nitrogens with zero attached hydrogens (tertiary/aromatic N) is 1. The van der Waals surface area contributed by atoms with E-state index >= 15 is 0 Å². The molecular formula is C10H15BN2O2. The summed E-state index contributed by atoms with van der Waals surface area (Å²) in [5.74, 6) is 0.498. The van der Waals surface area contributed by atoms with Gasteiger partial charge in [-0.3, -0.25) is 4.98 Å². The van der Waals surface area contributed by atoms with Gasteiger partial charge in [0.15, 0.2) is 0 Å². The first-order valence-electron chi connectivity index (χ1n) is 5.29. The molecule has 0 amide bonds. The molecule has 0 aromatic carbocycles. The van der Waals surface area contributed by atoms with Gasteiger partial charge < -0.3 is 15.4 Å². The monoisotopic (exact) mass is 206 g/mol. The molecule has 0 spiro atoms. The molecule has 4 nitrogen and oxygen atoms in total.